The van der Waals surface area contributed by atoms with Gasteiger partial charge in [0.25, 0.3) is 0 Å². The zero-order valence-electron chi connectivity index (χ0n) is 10.8. The van der Waals surface area contributed by atoms with Gasteiger partial charge in [0.1, 0.15) is 5.82 Å². The van der Waals surface area contributed by atoms with Gasteiger partial charge in [0.05, 0.1) is 4.47 Å². The van der Waals surface area contributed by atoms with Crippen molar-refractivity contribution in [3.63, 3.8) is 0 Å². The molecule has 2 aromatic rings. The summed E-state index contributed by atoms with van der Waals surface area (Å²) >= 11 is 3.13. The van der Waals surface area contributed by atoms with Gasteiger partial charge in [-0.3, -0.25) is 4.79 Å². The average molecular weight is 321 g/mol. The molecule has 3 heteroatoms. The van der Waals surface area contributed by atoms with E-state index in [-0.39, 0.29) is 18.0 Å². The summed E-state index contributed by atoms with van der Waals surface area (Å²) in [5.74, 6) is -0.265. The predicted octanol–water partition coefficient (Wildman–Crippen LogP) is 4.63. The van der Waals surface area contributed by atoms with Crippen LogP contribution in [0.2, 0.25) is 0 Å². The first kappa shape index (κ1) is 13.9. The third-order valence-electron chi connectivity index (χ3n) is 3.03. The molecule has 0 aromatic heterocycles. The molecule has 0 saturated carbocycles. The normalized spacial score (nSPS) is 10.5. The molecule has 0 aliphatic carbocycles. The second-order valence-corrected chi connectivity index (χ2v) is 5.52. The van der Waals surface area contributed by atoms with E-state index in [4.69, 9.17) is 0 Å². The lowest BCUT2D eigenvalue weighted by Gasteiger charge is -2.07. The summed E-state index contributed by atoms with van der Waals surface area (Å²) in [6.45, 7) is 3.93. The molecule has 0 unspecified atom stereocenters. The number of carbonyl (C=O) groups excluding carboxylic acids is 1. The van der Waals surface area contributed by atoms with Crippen molar-refractivity contribution >= 4 is 21.7 Å². The second-order valence-electron chi connectivity index (χ2n) is 4.67. The summed E-state index contributed by atoms with van der Waals surface area (Å²) in [6.07, 6.45) is 0.281. The Morgan fingerprint density at radius 1 is 1.16 bits per heavy atom. The fourth-order valence-electron chi connectivity index (χ4n) is 2.06. The lowest BCUT2D eigenvalue weighted by molar-refractivity contribution is 0.0992. The molecule has 0 fully saturated rings. The fraction of sp³-hybridized carbons (Fsp3) is 0.188. The number of aryl methyl sites for hydroxylation is 2. The second kappa shape index (κ2) is 5.66. The molecule has 2 aromatic carbocycles. The molecule has 0 radical (unpaired) electrons. The van der Waals surface area contributed by atoms with Crippen molar-refractivity contribution in [3.8, 4) is 0 Å². The molecule has 0 heterocycles. The van der Waals surface area contributed by atoms with Crippen LogP contribution in [0.1, 0.15) is 27.0 Å². The summed E-state index contributed by atoms with van der Waals surface area (Å²) in [6, 6.07) is 10.4. The fourth-order valence-corrected chi connectivity index (χ4v) is 2.48. The number of benzene rings is 2. The van der Waals surface area contributed by atoms with Gasteiger partial charge in [0, 0.05) is 12.0 Å². The Hall–Kier alpha value is -1.48. The molecule has 0 spiro atoms. The standard InChI is InChI=1S/C16H14BrFO/c1-10-3-5-13(11(2)7-10)16(19)9-12-4-6-15(18)14(17)8-12/h3-8H,9H2,1-2H3. The van der Waals surface area contributed by atoms with Gasteiger partial charge in [0.15, 0.2) is 5.78 Å². The number of rotatable bonds is 3. The quantitative estimate of drug-likeness (QED) is 0.753. The summed E-state index contributed by atoms with van der Waals surface area (Å²) in [7, 11) is 0. The molecule has 98 valence electrons. The van der Waals surface area contributed by atoms with Crippen LogP contribution >= 0.6 is 15.9 Å². The minimum atomic E-state index is -0.317. The molecule has 0 N–H and O–H groups in total. The molecular weight excluding hydrogens is 307 g/mol. The third kappa shape index (κ3) is 3.29. The van der Waals surface area contributed by atoms with Gasteiger partial charge < -0.3 is 0 Å². The summed E-state index contributed by atoms with van der Waals surface area (Å²) in [5.41, 5.74) is 3.65. The van der Waals surface area contributed by atoms with Gasteiger partial charge in [0.2, 0.25) is 0 Å². The molecular formula is C16H14BrFO. The maximum atomic E-state index is 13.1. The average Bonchev–Trinajstić information content (AvgIpc) is 2.33. The lowest BCUT2D eigenvalue weighted by atomic mass is 9.98. The van der Waals surface area contributed by atoms with Crippen LogP contribution in [0.5, 0.6) is 0 Å². The Bertz CT molecular complexity index is 635. The highest BCUT2D eigenvalue weighted by Crippen LogP contribution is 2.19. The van der Waals surface area contributed by atoms with Gasteiger partial charge >= 0.3 is 0 Å². The number of carbonyl (C=O) groups is 1. The van der Waals surface area contributed by atoms with Crippen LogP contribution in [-0.4, -0.2) is 5.78 Å². The van der Waals surface area contributed by atoms with E-state index in [0.717, 1.165) is 22.3 Å². The van der Waals surface area contributed by atoms with E-state index in [1.54, 1.807) is 12.1 Å². The van der Waals surface area contributed by atoms with Crippen LogP contribution in [0.15, 0.2) is 40.9 Å². The first-order valence-corrected chi connectivity index (χ1v) is 6.81. The topological polar surface area (TPSA) is 17.1 Å². The van der Waals surface area contributed by atoms with Crippen molar-refractivity contribution in [2.45, 2.75) is 20.3 Å². The number of hydrogen-bond donors (Lipinski definition) is 0. The van der Waals surface area contributed by atoms with Crippen LogP contribution in [0.4, 0.5) is 4.39 Å². The smallest absolute Gasteiger partial charge is 0.167 e. The van der Waals surface area contributed by atoms with Crippen molar-refractivity contribution in [1.29, 1.82) is 0 Å². The van der Waals surface area contributed by atoms with E-state index in [9.17, 15) is 9.18 Å². The van der Waals surface area contributed by atoms with Crippen molar-refractivity contribution in [2.24, 2.45) is 0 Å². The van der Waals surface area contributed by atoms with Crippen molar-refractivity contribution < 1.29 is 9.18 Å². The minimum absolute atomic E-state index is 0.0519. The summed E-state index contributed by atoms with van der Waals surface area (Å²) in [4.78, 5) is 12.2. The van der Waals surface area contributed by atoms with Crippen LogP contribution in [-0.2, 0) is 6.42 Å². The van der Waals surface area contributed by atoms with Gasteiger partial charge in [-0.25, -0.2) is 4.39 Å². The molecule has 1 nitrogen and oxygen atoms in total. The SMILES string of the molecule is Cc1ccc(C(=O)Cc2ccc(F)c(Br)c2)c(C)c1. The van der Waals surface area contributed by atoms with Gasteiger partial charge in [-0.15, -0.1) is 0 Å². The molecule has 2 rings (SSSR count). The highest BCUT2D eigenvalue weighted by atomic mass is 79.9. The Kier molecular flexibility index (Phi) is 4.15. The monoisotopic (exact) mass is 320 g/mol. The summed E-state index contributed by atoms with van der Waals surface area (Å²) in [5, 5.41) is 0. The number of halogens is 2. The molecule has 0 atom stereocenters. The van der Waals surface area contributed by atoms with Gasteiger partial charge in [-0.05, 0) is 53.0 Å². The van der Waals surface area contributed by atoms with E-state index in [0.29, 0.717) is 4.47 Å². The molecule has 19 heavy (non-hydrogen) atoms. The first-order chi connectivity index (χ1) is 8.97. The molecule has 0 bridgehead atoms. The van der Waals surface area contributed by atoms with E-state index in [1.807, 2.05) is 32.0 Å². The highest BCUT2D eigenvalue weighted by molar-refractivity contribution is 9.10. The highest BCUT2D eigenvalue weighted by Gasteiger charge is 2.11. The Morgan fingerprint density at radius 3 is 2.53 bits per heavy atom. The third-order valence-corrected chi connectivity index (χ3v) is 3.64. The van der Waals surface area contributed by atoms with Crippen molar-refractivity contribution in [1.82, 2.24) is 0 Å². The predicted molar refractivity (Wildman–Crippen MR) is 78.1 cm³/mol. The maximum Gasteiger partial charge on any atom is 0.167 e. The van der Waals surface area contributed by atoms with Gasteiger partial charge in [-0.1, -0.05) is 29.8 Å². The lowest BCUT2D eigenvalue weighted by Crippen LogP contribution is -2.06. The maximum absolute atomic E-state index is 13.1. The van der Waals surface area contributed by atoms with E-state index >= 15 is 0 Å². The van der Waals surface area contributed by atoms with Crippen molar-refractivity contribution in [2.75, 3.05) is 0 Å². The van der Waals surface area contributed by atoms with Gasteiger partial charge in [-0.2, -0.15) is 0 Å². The number of hydrogen-bond acceptors (Lipinski definition) is 1. The largest absolute Gasteiger partial charge is 0.294 e. The Morgan fingerprint density at radius 2 is 1.89 bits per heavy atom. The zero-order chi connectivity index (χ0) is 14.0. The molecule has 0 aliphatic rings. The van der Waals surface area contributed by atoms with Crippen LogP contribution in [0.3, 0.4) is 0 Å². The molecule has 0 aliphatic heterocycles. The molecule has 0 saturated heterocycles. The zero-order valence-corrected chi connectivity index (χ0v) is 12.4. The van der Waals surface area contributed by atoms with E-state index in [2.05, 4.69) is 15.9 Å². The molecule has 0 amide bonds. The van der Waals surface area contributed by atoms with Crippen molar-refractivity contribution in [3.05, 3.63) is 68.9 Å². The van der Waals surface area contributed by atoms with Crippen LogP contribution in [0.25, 0.3) is 0 Å². The van der Waals surface area contributed by atoms with Crippen LogP contribution < -0.4 is 0 Å². The summed E-state index contributed by atoms with van der Waals surface area (Å²) < 4.78 is 13.5. The Balaban J connectivity index is 2.23. The van der Waals surface area contributed by atoms with Crippen LogP contribution in [0, 0.1) is 19.7 Å². The van der Waals surface area contributed by atoms with E-state index < -0.39 is 0 Å². The minimum Gasteiger partial charge on any atom is -0.294 e. The first-order valence-electron chi connectivity index (χ1n) is 6.02. The Labute approximate surface area is 120 Å². The van der Waals surface area contributed by atoms with E-state index in [1.165, 1.54) is 6.07 Å². The number of Topliss-reactive ketones (excluding diaryl/α,β-unsaturated/α-hetero) is 1. The number of ketones is 1.